The van der Waals surface area contributed by atoms with E-state index in [2.05, 4.69) is 15.2 Å². The van der Waals surface area contributed by atoms with E-state index in [1.165, 1.54) is 43.5 Å². The number of methoxy groups -OCH3 is 1. The minimum Gasteiger partial charge on any atom is -0.495 e. The highest BCUT2D eigenvalue weighted by molar-refractivity contribution is 7.92. The zero-order valence-corrected chi connectivity index (χ0v) is 17.0. The van der Waals surface area contributed by atoms with Crippen LogP contribution in [-0.4, -0.2) is 26.7 Å². The van der Waals surface area contributed by atoms with Crippen LogP contribution in [0.25, 0.3) is 0 Å². The van der Waals surface area contributed by atoms with Gasteiger partial charge in [0.2, 0.25) is 0 Å². The molecule has 11 heteroatoms. The predicted molar refractivity (Wildman–Crippen MR) is 115 cm³/mol. The van der Waals surface area contributed by atoms with Gasteiger partial charge in [-0.25, -0.2) is 12.8 Å². The van der Waals surface area contributed by atoms with Gasteiger partial charge < -0.3 is 4.74 Å². The Kier molecular flexibility index (Phi) is 6.46. The van der Waals surface area contributed by atoms with Gasteiger partial charge in [-0.05, 0) is 30.3 Å². The molecule has 9 nitrogen and oxygen atoms in total. The summed E-state index contributed by atoms with van der Waals surface area (Å²) in [4.78, 5) is 10.4. The summed E-state index contributed by atoms with van der Waals surface area (Å²) in [6.07, 6.45) is 1.16. The lowest BCUT2D eigenvalue weighted by Crippen LogP contribution is -2.14. The Morgan fingerprint density at radius 1 is 1.06 bits per heavy atom. The number of nitrogens with one attached hydrogen (secondary N) is 2. The molecule has 0 amide bonds. The maximum atomic E-state index is 13.6. The van der Waals surface area contributed by atoms with E-state index in [1.807, 2.05) is 0 Å². The lowest BCUT2D eigenvalue weighted by atomic mass is 10.2. The average Bonchev–Trinajstić information content (AvgIpc) is 2.75. The molecular formula is C20H17FN4O5S. The van der Waals surface area contributed by atoms with Crippen molar-refractivity contribution in [3.05, 3.63) is 88.2 Å². The maximum absolute atomic E-state index is 13.6. The molecule has 0 fully saturated rings. The fourth-order valence-electron chi connectivity index (χ4n) is 2.61. The molecule has 3 aromatic rings. The van der Waals surface area contributed by atoms with Gasteiger partial charge in [0.25, 0.3) is 15.7 Å². The second-order valence-electron chi connectivity index (χ2n) is 6.13. The predicted octanol–water partition coefficient (Wildman–Crippen LogP) is 3.99. The third-order valence-corrected chi connectivity index (χ3v) is 5.48. The average molecular weight is 444 g/mol. The van der Waals surface area contributed by atoms with Crippen LogP contribution in [-0.2, 0) is 10.0 Å². The Labute approximate surface area is 177 Å². The van der Waals surface area contributed by atoms with E-state index >= 15 is 0 Å². The summed E-state index contributed by atoms with van der Waals surface area (Å²) in [6, 6.07) is 15.5. The quantitative estimate of drug-likeness (QED) is 0.308. The number of nitro groups is 1. The minimum absolute atomic E-state index is 0.0613. The zero-order valence-electron chi connectivity index (χ0n) is 16.2. The number of ether oxygens (including phenoxy) is 1. The van der Waals surface area contributed by atoms with Crippen molar-refractivity contribution in [2.24, 2.45) is 5.10 Å². The first kappa shape index (κ1) is 21.7. The second-order valence-corrected chi connectivity index (χ2v) is 7.82. The van der Waals surface area contributed by atoms with E-state index in [9.17, 15) is 22.9 Å². The van der Waals surface area contributed by atoms with Gasteiger partial charge in [-0.1, -0.05) is 30.3 Å². The molecule has 0 bridgehead atoms. The van der Waals surface area contributed by atoms with E-state index in [0.29, 0.717) is 5.75 Å². The number of anilines is 2. The van der Waals surface area contributed by atoms with Crippen molar-refractivity contribution >= 4 is 33.3 Å². The Bertz CT molecular complexity index is 1250. The number of para-hydroxylation sites is 2. The van der Waals surface area contributed by atoms with E-state index < -0.39 is 26.5 Å². The fraction of sp³-hybridized carbons (Fsp3) is 0.0500. The second kappa shape index (κ2) is 9.22. The molecule has 0 saturated carbocycles. The molecule has 0 aliphatic carbocycles. The molecule has 3 aromatic carbocycles. The van der Waals surface area contributed by atoms with Crippen molar-refractivity contribution < 1.29 is 22.5 Å². The summed E-state index contributed by atoms with van der Waals surface area (Å²) in [5.74, 6) is -0.215. The first-order chi connectivity index (χ1) is 14.8. The molecule has 0 aliphatic heterocycles. The normalized spacial score (nSPS) is 11.3. The van der Waals surface area contributed by atoms with Crippen molar-refractivity contribution in [3.63, 3.8) is 0 Å². The van der Waals surface area contributed by atoms with Crippen molar-refractivity contribution in [3.8, 4) is 5.75 Å². The summed E-state index contributed by atoms with van der Waals surface area (Å²) in [6.45, 7) is 0. The van der Waals surface area contributed by atoms with E-state index in [4.69, 9.17) is 4.74 Å². The number of halogens is 1. The smallest absolute Gasteiger partial charge is 0.295 e. The van der Waals surface area contributed by atoms with Crippen LogP contribution in [0.4, 0.5) is 21.5 Å². The van der Waals surface area contributed by atoms with E-state index in [0.717, 1.165) is 12.3 Å². The Morgan fingerprint density at radius 3 is 2.48 bits per heavy atom. The lowest BCUT2D eigenvalue weighted by molar-refractivity contribution is -0.384. The number of benzene rings is 3. The number of hydrazone groups is 1. The summed E-state index contributed by atoms with van der Waals surface area (Å²) in [7, 11) is -2.75. The highest BCUT2D eigenvalue weighted by Gasteiger charge is 2.22. The molecule has 0 aromatic heterocycles. The fourth-order valence-corrected chi connectivity index (χ4v) is 3.70. The molecule has 0 atom stereocenters. The van der Waals surface area contributed by atoms with Gasteiger partial charge >= 0.3 is 0 Å². The van der Waals surface area contributed by atoms with E-state index in [1.54, 1.807) is 24.3 Å². The van der Waals surface area contributed by atoms with Crippen molar-refractivity contribution in [2.75, 3.05) is 17.3 Å². The van der Waals surface area contributed by atoms with Crippen LogP contribution in [0.2, 0.25) is 0 Å². The lowest BCUT2D eigenvalue weighted by Gasteiger charge is -2.12. The molecule has 0 radical (unpaired) electrons. The summed E-state index contributed by atoms with van der Waals surface area (Å²) < 4.78 is 46.5. The first-order valence-corrected chi connectivity index (χ1v) is 10.3. The van der Waals surface area contributed by atoms with Crippen LogP contribution in [0.3, 0.4) is 0 Å². The SMILES string of the molecule is COc1ccccc1NS(=O)(=O)c1ccc(N/N=C/c2ccccc2F)c([N+](=O)[O-])c1. The van der Waals surface area contributed by atoms with Gasteiger partial charge in [0.15, 0.2) is 0 Å². The monoisotopic (exact) mass is 444 g/mol. The summed E-state index contributed by atoms with van der Waals surface area (Å²) in [5.41, 5.74) is 2.22. The third-order valence-electron chi connectivity index (χ3n) is 4.12. The molecule has 0 saturated heterocycles. The van der Waals surface area contributed by atoms with Crippen LogP contribution in [0, 0.1) is 15.9 Å². The molecule has 0 heterocycles. The molecule has 3 rings (SSSR count). The number of sulfonamides is 1. The van der Waals surface area contributed by atoms with Crippen LogP contribution in [0.1, 0.15) is 5.56 Å². The number of nitrogens with zero attached hydrogens (tertiary/aromatic N) is 2. The van der Waals surface area contributed by atoms with Crippen LogP contribution < -0.4 is 14.9 Å². The summed E-state index contributed by atoms with van der Waals surface area (Å²) in [5, 5.41) is 15.3. The highest BCUT2D eigenvalue weighted by atomic mass is 32.2. The molecule has 0 aliphatic rings. The summed E-state index contributed by atoms with van der Waals surface area (Å²) >= 11 is 0. The number of rotatable bonds is 8. The Morgan fingerprint density at radius 2 is 1.77 bits per heavy atom. The first-order valence-electron chi connectivity index (χ1n) is 8.79. The van der Waals surface area contributed by atoms with Gasteiger partial charge in [-0.15, -0.1) is 0 Å². The molecule has 0 spiro atoms. The molecule has 2 N–H and O–H groups in total. The van der Waals surface area contributed by atoms with Gasteiger partial charge in [0.1, 0.15) is 17.3 Å². The Balaban J connectivity index is 1.87. The van der Waals surface area contributed by atoms with Gasteiger partial charge in [0, 0.05) is 11.6 Å². The van der Waals surface area contributed by atoms with Crippen LogP contribution in [0.5, 0.6) is 5.75 Å². The molecule has 31 heavy (non-hydrogen) atoms. The van der Waals surface area contributed by atoms with Crippen LogP contribution >= 0.6 is 0 Å². The third kappa shape index (κ3) is 5.14. The Hall–Kier alpha value is -3.99. The number of hydrogen-bond donors (Lipinski definition) is 2. The minimum atomic E-state index is -4.14. The van der Waals surface area contributed by atoms with Gasteiger partial charge in [0.05, 0.1) is 28.8 Å². The van der Waals surface area contributed by atoms with Crippen molar-refractivity contribution in [1.29, 1.82) is 0 Å². The van der Waals surface area contributed by atoms with Crippen molar-refractivity contribution in [2.45, 2.75) is 4.90 Å². The van der Waals surface area contributed by atoms with Gasteiger partial charge in [-0.2, -0.15) is 5.10 Å². The molecule has 160 valence electrons. The standard InChI is InChI=1S/C20H17FN4O5S/c1-30-20-9-5-4-8-18(20)24-31(28,29)15-10-11-17(19(12-15)25(26)27)23-22-13-14-6-2-3-7-16(14)21/h2-13,23-24H,1H3/b22-13+. The largest absolute Gasteiger partial charge is 0.495 e. The van der Waals surface area contributed by atoms with Crippen molar-refractivity contribution in [1.82, 2.24) is 0 Å². The maximum Gasteiger partial charge on any atom is 0.295 e. The van der Waals surface area contributed by atoms with E-state index in [-0.39, 0.29) is 21.8 Å². The molecular weight excluding hydrogens is 427 g/mol. The number of nitro benzene ring substituents is 1. The van der Waals surface area contributed by atoms with Crippen LogP contribution in [0.15, 0.2) is 76.7 Å². The molecule has 0 unspecified atom stereocenters. The topological polar surface area (TPSA) is 123 Å². The number of hydrogen-bond acceptors (Lipinski definition) is 7. The van der Waals surface area contributed by atoms with Gasteiger partial charge in [-0.3, -0.25) is 20.3 Å². The highest BCUT2D eigenvalue weighted by Crippen LogP contribution is 2.30. The zero-order chi connectivity index (χ0) is 22.4.